The second-order valence-corrected chi connectivity index (χ2v) is 8.53. The Kier molecular flexibility index (Phi) is 3.02. The van der Waals surface area contributed by atoms with Crippen molar-refractivity contribution in [3.63, 3.8) is 0 Å². The highest BCUT2D eigenvalue weighted by atomic mass is 32.2. The average Bonchev–Trinajstić information content (AvgIpc) is 2.32. The van der Waals surface area contributed by atoms with E-state index in [1.54, 1.807) is 0 Å². The van der Waals surface area contributed by atoms with Crippen LogP contribution in [-0.4, -0.2) is 35.5 Å². The molecule has 2 N–H and O–H groups in total. The number of amides is 1. The fourth-order valence-electron chi connectivity index (χ4n) is 2.91. The lowest BCUT2D eigenvalue weighted by Crippen LogP contribution is -2.75. The van der Waals surface area contributed by atoms with Crippen molar-refractivity contribution < 1.29 is 13.2 Å². The number of rotatable bonds is 2. The van der Waals surface area contributed by atoms with Gasteiger partial charge in [0.05, 0.1) is 5.54 Å². The van der Waals surface area contributed by atoms with E-state index >= 15 is 0 Å². The van der Waals surface area contributed by atoms with Gasteiger partial charge in [-0.25, -0.2) is 12.7 Å². The van der Waals surface area contributed by atoms with E-state index in [4.69, 9.17) is 5.73 Å². The van der Waals surface area contributed by atoms with Crippen LogP contribution in [0.15, 0.2) is 0 Å². The van der Waals surface area contributed by atoms with Crippen molar-refractivity contribution >= 4 is 15.9 Å². The van der Waals surface area contributed by atoms with E-state index in [2.05, 4.69) is 6.92 Å². The molecule has 1 saturated carbocycles. The first-order chi connectivity index (χ1) is 8.19. The largest absolute Gasteiger partial charge is 0.328 e. The number of hydrogen-bond acceptors (Lipinski definition) is 4. The van der Waals surface area contributed by atoms with Crippen LogP contribution in [-0.2, 0) is 14.8 Å². The molecule has 6 heteroatoms. The molecular formula is C12H22N2O3S. The third kappa shape index (κ3) is 1.54. The van der Waals surface area contributed by atoms with Crippen LogP contribution in [0, 0.1) is 5.92 Å². The van der Waals surface area contributed by atoms with E-state index in [0.29, 0.717) is 18.8 Å². The zero-order chi connectivity index (χ0) is 13.8. The van der Waals surface area contributed by atoms with Crippen molar-refractivity contribution in [2.75, 3.05) is 6.54 Å². The van der Waals surface area contributed by atoms with Gasteiger partial charge in [0.25, 0.3) is 15.9 Å². The van der Waals surface area contributed by atoms with Gasteiger partial charge < -0.3 is 5.73 Å². The molecule has 0 radical (unpaired) electrons. The van der Waals surface area contributed by atoms with Crippen LogP contribution in [0.4, 0.5) is 0 Å². The molecule has 18 heavy (non-hydrogen) atoms. The molecule has 0 bridgehead atoms. The van der Waals surface area contributed by atoms with Crippen molar-refractivity contribution in [1.29, 1.82) is 0 Å². The van der Waals surface area contributed by atoms with Crippen molar-refractivity contribution in [2.24, 2.45) is 11.7 Å². The van der Waals surface area contributed by atoms with E-state index in [1.165, 1.54) is 13.8 Å². The monoisotopic (exact) mass is 274 g/mol. The van der Waals surface area contributed by atoms with Gasteiger partial charge in [0, 0.05) is 6.54 Å². The Labute approximate surface area is 109 Å². The van der Waals surface area contributed by atoms with Crippen LogP contribution in [0.1, 0.15) is 46.5 Å². The first-order valence-corrected chi connectivity index (χ1v) is 7.92. The Hall–Kier alpha value is -0.620. The van der Waals surface area contributed by atoms with Gasteiger partial charge in [-0.15, -0.1) is 0 Å². The minimum absolute atomic E-state index is 0.223. The Morgan fingerprint density at radius 1 is 1.33 bits per heavy atom. The summed E-state index contributed by atoms with van der Waals surface area (Å²) in [4.78, 5) is 12.1. The molecule has 0 spiro atoms. The normalized spacial score (nSPS) is 38.3. The third-order valence-corrected chi connectivity index (χ3v) is 7.10. The van der Waals surface area contributed by atoms with Gasteiger partial charge in [-0.3, -0.25) is 4.79 Å². The van der Waals surface area contributed by atoms with Crippen molar-refractivity contribution in [1.82, 2.24) is 4.31 Å². The summed E-state index contributed by atoms with van der Waals surface area (Å²) in [6.07, 6.45) is 3.23. The summed E-state index contributed by atoms with van der Waals surface area (Å²) >= 11 is 0. The quantitative estimate of drug-likeness (QED) is 0.809. The van der Waals surface area contributed by atoms with Gasteiger partial charge in [-0.2, -0.15) is 0 Å². The average molecular weight is 274 g/mol. The molecule has 1 aliphatic carbocycles. The van der Waals surface area contributed by atoms with Crippen LogP contribution in [0.2, 0.25) is 0 Å². The third-order valence-electron chi connectivity index (χ3n) is 4.60. The highest BCUT2D eigenvalue weighted by molar-refractivity contribution is 7.94. The fourth-order valence-corrected chi connectivity index (χ4v) is 4.76. The lowest BCUT2D eigenvalue weighted by atomic mass is 9.76. The minimum atomic E-state index is -3.53. The van der Waals surface area contributed by atoms with Gasteiger partial charge >= 0.3 is 0 Å². The first kappa shape index (κ1) is 13.8. The van der Waals surface area contributed by atoms with Crippen LogP contribution >= 0.6 is 0 Å². The van der Waals surface area contributed by atoms with Gasteiger partial charge in [0.1, 0.15) is 0 Å². The maximum absolute atomic E-state index is 12.3. The summed E-state index contributed by atoms with van der Waals surface area (Å²) in [6.45, 7) is 5.31. The lowest BCUT2D eigenvalue weighted by Gasteiger charge is -2.55. The molecular weight excluding hydrogens is 252 g/mol. The fraction of sp³-hybridized carbons (Fsp3) is 0.917. The number of carbonyl (C=O) groups excluding carboxylic acids is 1. The van der Waals surface area contributed by atoms with Gasteiger partial charge in [0.15, 0.2) is 4.75 Å². The summed E-state index contributed by atoms with van der Waals surface area (Å²) in [5.41, 5.74) is 5.14. The molecule has 2 fully saturated rings. The number of nitrogens with zero attached hydrogens (tertiary/aromatic N) is 1. The van der Waals surface area contributed by atoms with E-state index in [9.17, 15) is 13.2 Å². The van der Waals surface area contributed by atoms with E-state index in [0.717, 1.165) is 17.1 Å². The van der Waals surface area contributed by atoms with Crippen LogP contribution < -0.4 is 5.73 Å². The molecule has 1 heterocycles. The maximum atomic E-state index is 12.3. The lowest BCUT2D eigenvalue weighted by molar-refractivity contribution is -0.138. The number of sulfonamides is 1. The first-order valence-electron chi connectivity index (χ1n) is 6.48. The summed E-state index contributed by atoms with van der Waals surface area (Å²) in [5, 5.41) is 0. The molecule has 2 rings (SSSR count). The molecule has 0 aromatic carbocycles. The smallest absolute Gasteiger partial charge is 0.259 e. The molecule has 0 aromatic heterocycles. The molecule has 2 aliphatic rings. The maximum Gasteiger partial charge on any atom is 0.259 e. The second-order valence-electron chi connectivity index (χ2n) is 6.20. The van der Waals surface area contributed by atoms with Gasteiger partial charge in [-0.05, 0) is 45.4 Å². The van der Waals surface area contributed by atoms with E-state index in [1.807, 2.05) is 0 Å². The van der Waals surface area contributed by atoms with E-state index < -0.39 is 20.3 Å². The molecule has 1 amide bonds. The Morgan fingerprint density at radius 2 is 1.83 bits per heavy atom. The number of carbonyl (C=O) groups is 1. The minimum Gasteiger partial charge on any atom is -0.328 e. The Balaban J connectivity index is 2.34. The van der Waals surface area contributed by atoms with Gasteiger partial charge in [-0.1, -0.05) is 6.92 Å². The van der Waals surface area contributed by atoms with Gasteiger partial charge in [0.2, 0.25) is 0 Å². The predicted octanol–water partition coefficient (Wildman–Crippen LogP) is 0.845. The standard InChI is InChI=1S/C12H22N2O3S/c1-9-4-6-12(8-13,7-5-9)14-10(15)11(2,3)18(14,16)17/h9H,4-8,13H2,1-3H3. The molecule has 0 aromatic rings. The molecule has 1 saturated heterocycles. The summed E-state index contributed by atoms with van der Waals surface area (Å²) in [5.74, 6) is 0.277. The highest BCUT2D eigenvalue weighted by Crippen LogP contribution is 2.46. The SMILES string of the molecule is CC1CCC(CN)(N2C(=O)C(C)(C)S2(=O)=O)CC1. The van der Waals surface area contributed by atoms with Crippen molar-refractivity contribution in [3.8, 4) is 0 Å². The second kappa shape index (κ2) is 3.93. The van der Waals surface area contributed by atoms with Crippen LogP contribution in [0.25, 0.3) is 0 Å². The Morgan fingerprint density at radius 3 is 2.22 bits per heavy atom. The molecule has 1 aliphatic heterocycles. The predicted molar refractivity (Wildman–Crippen MR) is 69.3 cm³/mol. The molecule has 104 valence electrons. The van der Waals surface area contributed by atoms with E-state index in [-0.39, 0.29) is 12.5 Å². The summed E-state index contributed by atoms with van der Waals surface area (Å²) in [6, 6.07) is 0. The van der Waals surface area contributed by atoms with Crippen molar-refractivity contribution in [2.45, 2.75) is 56.7 Å². The zero-order valence-corrected chi connectivity index (χ0v) is 12.1. The number of hydrogen-bond donors (Lipinski definition) is 1. The molecule has 0 unspecified atom stereocenters. The Bertz CT molecular complexity index is 462. The summed E-state index contributed by atoms with van der Waals surface area (Å²) in [7, 11) is -3.53. The topological polar surface area (TPSA) is 80.5 Å². The van der Waals surface area contributed by atoms with Crippen LogP contribution in [0.5, 0.6) is 0 Å². The highest BCUT2D eigenvalue weighted by Gasteiger charge is 2.66. The van der Waals surface area contributed by atoms with Crippen LogP contribution in [0.3, 0.4) is 0 Å². The molecule has 5 nitrogen and oxygen atoms in total. The van der Waals surface area contributed by atoms with Crippen molar-refractivity contribution in [3.05, 3.63) is 0 Å². The zero-order valence-electron chi connectivity index (χ0n) is 11.3. The summed E-state index contributed by atoms with van der Waals surface area (Å²) < 4.78 is 24.4. The molecule has 0 atom stereocenters. The number of nitrogens with two attached hydrogens (primary N) is 1.